The van der Waals surface area contributed by atoms with Crippen LogP contribution in [0.4, 0.5) is 11.5 Å². The van der Waals surface area contributed by atoms with Gasteiger partial charge in [0.25, 0.3) is 0 Å². The summed E-state index contributed by atoms with van der Waals surface area (Å²) in [5, 5.41) is 10.2. The molecule has 0 aromatic carbocycles. The number of carboxylic acid groups (broad SMARTS) is 1. The summed E-state index contributed by atoms with van der Waals surface area (Å²) in [7, 11) is 4.26. The lowest BCUT2D eigenvalue weighted by Crippen LogP contribution is -2.42. The number of rotatable bonds is 5. The maximum Gasteiger partial charge on any atom is 0.348 e. The zero-order valence-electron chi connectivity index (χ0n) is 15.1. The molecular formula is C18H26N4O2S. The number of hydrogen-bond donors (Lipinski definition) is 2. The molecule has 2 aromatic heterocycles. The van der Waals surface area contributed by atoms with E-state index in [0.717, 1.165) is 60.4 Å². The van der Waals surface area contributed by atoms with E-state index in [1.54, 1.807) is 0 Å². The van der Waals surface area contributed by atoms with E-state index in [1.807, 2.05) is 0 Å². The summed E-state index contributed by atoms with van der Waals surface area (Å²) in [6.45, 7) is 4.06. The largest absolute Gasteiger partial charge is 0.477 e. The lowest BCUT2D eigenvalue weighted by molar-refractivity contribution is 0.0703. The van der Waals surface area contributed by atoms with Crippen molar-refractivity contribution in [1.82, 2.24) is 9.88 Å². The smallest absolute Gasteiger partial charge is 0.348 e. The minimum absolute atomic E-state index is 0.198. The van der Waals surface area contributed by atoms with E-state index in [4.69, 9.17) is 10.7 Å². The molecule has 3 heterocycles. The van der Waals surface area contributed by atoms with Gasteiger partial charge in [-0.3, -0.25) is 0 Å². The van der Waals surface area contributed by atoms with E-state index >= 15 is 0 Å². The van der Waals surface area contributed by atoms with Gasteiger partial charge in [-0.2, -0.15) is 0 Å². The van der Waals surface area contributed by atoms with Gasteiger partial charge in [-0.05, 0) is 45.0 Å². The van der Waals surface area contributed by atoms with Crippen molar-refractivity contribution in [2.75, 3.05) is 37.8 Å². The molecule has 3 rings (SSSR count). The number of aryl methyl sites for hydroxylation is 1. The maximum absolute atomic E-state index is 11.4. The normalized spacial score (nSPS) is 16.1. The van der Waals surface area contributed by atoms with Gasteiger partial charge in [-0.15, -0.1) is 11.3 Å². The summed E-state index contributed by atoms with van der Waals surface area (Å²) < 4.78 is 0. The van der Waals surface area contributed by atoms with Crippen molar-refractivity contribution in [3.63, 3.8) is 0 Å². The van der Waals surface area contributed by atoms with Crippen molar-refractivity contribution in [2.24, 2.45) is 0 Å². The molecule has 0 aliphatic carbocycles. The first-order valence-electron chi connectivity index (χ1n) is 8.79. The minimum atomic E-state index is -0.976. The number of aromatic nitrogens is 1. The fourth-order valence-electron chi connectivity index (χ4n) is 3.58. The summed E-state index contributed by atoms with van der Waals surface area (Å²) in [5.41, 5.74) is 7.59. The average Bonchev–Trinajstić information content (AvgIpc) is 2.92. The van der Waals surface area contributed by atoms with Gasteiger partial charge in [-0.1, -0.05) is 13.3 Å². The van der Waals surface area contributed by atoms with Crippen LogP contribution in [0.3, 0.4) is 0 Å². The van der Waals surface area contributed by atoms with Crippen molar-refractivity contribution >= 4 is 39.0 Å². The Morgan fingerprint density at radius 2 is 2.12 bits per heavy atom. The van der Waals surface area contributed by atoms with Gasteiger partial charge < -0.3 is 20.6 Å². The van der Waals surface area contributed by atoms with E-state index in [-0.39, 0.29) is 4.88 Å². The summed E-state index contributed by atoms with van der Waals surface area (Å²) >= 11 is 1.19. The lowest BCUT2D eigenvalue weighted by Gasteiger charge is -2.36. The van der Waals surface area contributed by atoms with Crippen LogP contribution >= 0.6 is 11.3 Å². The Morgan fingerprint density at radius 3 is 2.68 bits per heavy atom. The second-order valence-electron chi connectivity index (χ2n) is 6.90. The first-order chi connectivity index (χ1) is 11.9. The molecule has 7 heteroatoms. The number of carbonyl (C=O) groups is 1. The average molecular weight is 362 g/mol. The van der Waals surface area contributed by atoms with Crippen molar-refractivity contribution in [3.8, 4) is 0 Å². The number of pyridine rings is 1. The fraction of sp³-hybridized carbons (Fsp3) is 0.556. The number of hydrogen-bond acceptors (Lipinski definition) is 6. The molecule has 25 heavy (non-hydrogen) atoms. The highest BCUT2D eigenvalue weighted by atomic mass is 32.1. The second-order valence-corrected chi connectivity index (χ2v) is 7.90. The molecule has 0 radical (unpaired) electrons. The van der Waals surface area contributed by atoms with E-state index in [9.17, 15) is 9.90 Å². The van der Waals surface area contributed by atoms with Crippen LogP contribution in [0.1, 0.15) is 41.4 Å². The van der Waals surface area contributed by atoms with Crippen LogP contribution in [0.15, 0.2) is 6.07 Å². The van der Waals surface area contributed by atoms with Crippen molar-refractivity contribution in [2.45, 2.75) is 38.6 Å². The van der Waals surface area contributed by atoms with E-state index < -0.39 is 5.97 Å². The monoisotopic (exact) mass is 362 g/mol. The number of aromatic carboxylic acids is 1. The van der Waals surface area contributed by atoms with Crippen molar-refractivity contribution < 1.29 is 9.90 Å². The quantitative estimate of drug-likeness (QED) is 0.851. The Bertz CT molecular complexity index is 779. The number of nitrogens with two attached hydrogens (primary N) is 1. The number of fused-ring (bicyclic) bond motifs is 1. The number of nitrogens with zero attached hydrogens (tertiary/aromatic N) is 3. The molecule has 1 saturated heterocycles. The highest BCUT2D eigenvalue weighted by Gasteiger charge is 2.24. The SMILES string of the molecule is CCCc1cc(N2CCC(N(C)C)CC2)nc2sc(C(=O)O)c(N)c12. The number of piperidine rings is 1. The molecule has 2 aromatic rings. The zero-order valence-corrected chi connectivity index (χ0v) is 15.9. The molecule has 0 amide bonds. The van der Waals surface area contributed by atoms with Crippen LogP contribution in [-0.2, 0) is 6.42 Å². The Labute approximate surface area is 152 Å². The molecular weight excluding hydrogens is 336 g/mol. The van der Waals surface area contributed by atoms with Crippen LogP contribution in [0.25, 0.3) is 10.2 Å². The number of carboxylic acids is 1. The van der Waals surface area contributed by atoms with Gasteiger partial charge >= 0.3 is 5.97 Å². The van der Waals surface area contributed by atoms with Crippen molar-refractivity contribution in [3.05, 3.63) is 16.5 Å². The van der Waals surface area contributed by atoms with Gasteiger partial charge in [0, 0.05) is 24.5 Å². The van der Waals surface area contributed by atoms with Gasteiger partial charge in [0.05, 0.1) is 5.69 Å². The maximum atomic E-state index is 11.4. The van der Waals surface area contributed by atoms with Crippen molar-refractivity contribution in [1.29, 1.82) is 0 Å². The Balaban J connectivity index is 1.98. The summed E-state index contributed by atoms with van der Waals surface area (Å²) in [6, 6.07) is 2.72. The molecule has 0 bridgehead atoms. The third-order valence-corrected chi connectivity index (χ3v) is 6.09. The molecule has 1 fully saturated rings. The predicted molar refractivity (Wildman–Crippen MR) is 104 cm³/mol. The van der Waals surface area contributed by atoms with Gasteiger partial charge in [0.15, 0.2) is 0 Å². The van der Waals surface area contributed by atoms with E-state index in [0.29, 0.717) is 11.7 Å². The molecule has 1 aliphatic rings. The van der Waals surface area contributed by atoms with Gasteiger partial charge in [0.2, 0.25) is 0 Å². The fourth-order valence-corrected chi connectivity index (χ4v) is 4.56. The van der Waals surface area contributed by atoms with Crippen LogP contribution in [0.2, 0.25) is 0 Å². The Morgan fingerprint density at radius 1 is 1.44 bits per heavy atom. The minimum Gasteiger partial charge on any atom is -0.477 e. The zero-order chi connectivity index (χ0) is 18.1. The molecule has 1 aliphatic heterocycles. The van der Waals surface area contributed by atoms with E-state index in [2.05, 4.69) is 36.9 Å². The molecule has 3 N–H and O–H groups in total. The third kappa shape index (κ3) is 3.43. The molecule has 0 saturated carbocycles. The standard InChI is InChI=1S/C18H26N4O2S/c1-4-5-11-10-13(22-8-6-12(7-9-22)21(2)3)20-17-14(11)15(19)16(25-17)18(23)24/h10,12H,4-9,19H2,1-3H3,(H,23,24). The Kier molecular flexibility index (Phi) is 5.15. The molecule has 0 spiro atoms. The molecule has 0 atom stereocenters. The third-order valence-electron chi connectivity index (χ3n) is 5.00. The molecule has 6 nitrogen and oxygen atoms in total. The molecule has 136 valence electrons. The van der Waals surface area contributed by atoms with Crippen LogP contribution in [-0.4, -0.2) is 54.2 Å². The van der Waals surface area contributed by atoms with Gasteiger partial charge in [0.1, 0.15) is 15.5 Å². The Hall–Kier alpha value is -1.86. The highest BCUT2D eigenvalue weighted by molar-refractivity contribution is 7.21. The van der Waals surface area contributed by atoms with Crippen LogP contribution in [0.5, 0.6) is 0 Å². The highest BCUT2D eigenvalue weighted by Crippen LogP contribution is 2.37. The van der Waals surface area contributed by atoms with Gasteiger partial charge in [-0.25, -0.2) is 9.78 Å². The first kappa shape index (κ1) is 17.9. The second kappa shape index (κ2) is 7.17. The number of thiophene rings is 1. The summed E-state index contributed by atoms with van der Waals surface area (Å²) in [5.74, 6) is -0.0253. The summed E-state index contributed by atoms with van der Waals surface area (Å²) in [6.07, 6.45) is 4.09. The van der Waals surface area contributed by atoms with Crippen LogP contribution in [0, 0.1) is 0 Å². The number of anilines is 2. The number of nitrogen functional groups attached to an aromatic ring is 1. The summed E-state index contributed by atoms with van der Waals surface area (Å²) in [4.78, 5) is 21.7. The molecule has 0 unspecified atom stereocenters. The van der Waals surface area contributed by atoms with E-state index in [1.165, 1.54) is 11.3 Å². The van der Waals surface area contributed by atoms with Crippen LogP contribution < -0.4 is 10.6 Å². The lowest BCUT2D eigenvalue weighted by atomic mass is 10.0. The predicted octanol–water partition coefficient (Wildman–Crippen LogP) is 3.06. The first-order valence-corrected chi connectivity index (χ1v) is 9.60. The topological polar surface area (TPSA) is 82.7 Å².